The average Bonchev–Trinajstić information content (AvgIpc) is 3.09. The van der Waals surface area contributed by atoms with E-state index in [9.17, 15) is 4.79 Å². The first-order chi connectivity index (χ1) is 10.3. The van der Waals surface area contributed by atoms with Crippen molar-refractivity contribution in [2.75, 3.05) is 0 Å². The number of hydrogen-bond donors (Lipinski definition) is 0. The van der Waals surface area contributed by atoms with E-state index in [0.717, 1.165) is 36.4 Å². The summed E-state index contributed by atoms with van der Waals surface area (Å²) in [7, 11) is 0. The van der Waals surface area contributed by atoms with Crippen LogP contribution in [0.15, 0.2) is 34.0 Å². The van der Waals surface area contributed by atoms with Gasteiger partial charge in [0.25, 0.3) is 0 Å². The van der Waals surface area contributed by atoms with Crippen molar-refractivity contribution >= 4 is 12.4 Å². The van der Waals surface area contributed by atoms with E-state index < -0.39 is 0 Å². The van der Waals surface area contributed by atoms with Gasteiger partial charge in [-0.05, 0) is 79.4 Å². The molecule has 4 aliphatic carbocycles. The fourth-order valence-electron chi connectivity index (χ4n) is 5.86. The summed E-state index contributed by atoms with van der Waals surface area (Å²) >= 11 is 0. The predicted molar refractivity (Wildman–Crippen MR) is 80.7 cm³/mol. The lowest BCUT2D eigenvalue weighted by atomic mass is 9.52. The van der Waals surface area contributed by atoms with E-state index in [1.54, 1.807) is 0 Å². The number of carbonyl (C=O) groups is 1. The van der Waals surface area contributed by atoms with Crippen LogP contribution in [0.25, 0.3) is 6.08 Å². The lowest BCUT2D eigenvalue weighted by Crippen LogP contribution is -2.43. The number of hydrogen-bond acceptors (Lipinski definition) is 2. The third-order valence-corrected chi connectivity index (χ3v) is 6.73. The molecule has 0 saturated heterocycles. The number of aldehydes is 1. The highest BCUT2D eigenvalue weighted by atomic mass is 16.3. The van der Waals surface area contributed by atoms with E-state index in [0.29, 0.717) is 17.3 Å². The molecule has 4 atom stereocenters. The molecule has 0 aliphatic heterocycles. The highest BCUT2D eigenvalue weighted by Crippen LogP contribution is 2.64. The molecule has 0 aromatic carbocycles. The third kappa shape index (κ3) is 1.46. The minimum Gasteiger partial charge on any atom is -0.465 e. The van der Waals surface area contributed by atoms with Crippen LogP contribution in [-0.4, -0.2) is 6.29 Å². The fraction of sp³-hybridized carbons (Fsp3) is 0.526. The highest BCUT2D eigenvalue weighted by Gasteiger charge is 2.54. The normalized spacial score (nSPS) is 39.7. The van der Waals surface area contributed by atoms with E-state index >= 15 is 0 Å². The van der Waals surface area contributed by atoms with Crippen LogP contribution in [0, 0.1) is 17.3 Å². The smallest absolute Gasteiger partial charge is 0.145 e. The van der Waals surface area contributed by atoms with Gasteiger partial charge in [0.05, 0.1) is 6.26 Å². The Labute approximate surface area is 124 Å². The summed E-state index contributed by atoms with van der Waals surface area (Å²) in [6.45, 7) is 0. The Morgan fingerprint density at radius 3 is 3.14 bits per heavy atom. The number of furan rings is 1. The van der Waals surface area contributed by atoms with Crippen LogP contribution >= 0.6 is 0 Å². The van der Waals surface area contributed by atoms with Crippen LogP contribution in [0.4, 0.5) is 0 Å². The molecule has 2 bridgehead atoms. The van der Waals surface area contributed by atoms with Crippen molar-refractivity contribution in [3.63, 3.8) is 0 Å². The molecule has 1 spiro atoms. The van der Waals surface area contributed by atoms with Crippen molar-refractivity contribution in [3.05, 3.63) is 40.9 Å². The molecule has 2 saturated carbocycles. The van der Waals surface area contributed by atoms with Gasteiger partial charge in [-0.2, -0.15) is 0 Å². The van der Waals surface area contributed by atoms with Crippen LogP contribution in [0.2, 0.25) is 0 Å². The van der Waals surface area contributed by atoms with Gasteiger partial charge >= 0.3 is 0 Å². The summed E-state index contributed by atoms with van der Waals surface area (Å²) in [5.74, 6) is 3.11. The second kappa shape index (κ2) is 4.00. The van der Waals surface area contributed by atoms with Crippen LogP contribution in [0.3, 0.4) is 0 Å². The molecular formula is C19H20O2. The first-order valence-electron chi connectivity index (χ1n) is 8.22. The fourth-order valence-corrected chi connectivity index (χ4v) is 5.86. The minimum atomic E-state index is 0.399. The molecule has 3 unspecified atom stereocenters. The Morgan fingerprint density at radius 1 is 1.29 bits per heavy atom. The highest BCUT2D eigenvalue weighted by molar-refractivity contribution is 5.76. The molecule has 1 heterocycles. The standard InChI is InChI=1S/C19H20O2/c20-11-13-10-19-7-5-14-15(17(19)3-1-12(13)9-19)2-4-18-16(14)6-8-21-18/h2,4,6,8,11,14-15,17H,1,3,5,7,9-10H2/t14-,15?,17?,19?/m0/s1. The molecule has 21 heavy (non-hydrogen) atoms. The Hall–Kier alpha value is -1.57. The zero-order valence-electron chi connectivity index (χ0n) is 12.2. The first-order valence-corrected chi connectivity index (χ1v) is 8.22. The van der Waals surface area contributed by atoms with Crippen molar-refractivity contribution in [1.82, 2.24) is 0 Å². The van der Waals surface area contributed by atoms with Gasteiger partial charge in [-0.15, -0.1) is 0 Å². The van der Waals surface area contributed by atoms with Crippen LogP contribution in [-0.2, 0) is 4.79 Å². The lowest BCUT2D eigenvalue weighted by molar-refractivity contribution is -0.105. The number of rotatable bonds is 1. The van der Waals surface area contributed by atoms with E-state index in [1.165, 1.54) is 36.8 Å². The van der Waals surface area contributed by atoms with Crippen molar-refractivity contribution in [2.24, 2.45) is 17.3 Å². The van der Waals surface area contributed by atoms with Gasteiger partial charge in [0.1, 0.15) is 12.0 Å². The molecule has 2 heteroatoms. The van der Waals surface area contributed by atoms with E-state index in [4.69, 9.17) is 4.42 Å². The maximum atomic E-state index is 11.3. The molecule has 1 aromatic heterocycles. The Morgan fingerprint density at radius 2 is 2.24 bits per heavy atom. The molecule has 5 rings (SSSR count). The van der Waals surface area contributed by atoms with Crippen LogP contribution in [0.5, 0.6) is 0 Å². The molecule has 2 nitrogen and oxygen atoms in total. The zero-order chi connectivity index (χ0) is 14.0. The summed E-state index contributed by atoms with van der Waals surface area (Å²) in [6.07, 6.45) is 14.8. The Balaban J connectivity index is 1.54. The van der Waals surface area contributed by atoms with Crippen molar-refractivity contribution in [1.29, 1.82) is 0 Å². The summed E-state index contributed by atoms with van der Waals surface area (Å²) in [5.41, 5.74) is 4.43. The van der Waals surface area contributed by atoms with Crippen molar-refractivity contribution < 1.29 is 9.21 Å². The summed E-state index contributed by atoms with van der Waals surface area (Å²) in [4.78, 5) is 11.3. The molecular weight excluding hydrogens is 260 g/mol. The lowest BCUT2D eigenvalue weighted by Gasteiger charge is -2.52. The second-order valence-corrected chi connectivity index (χ2v) is 7.43. The zero-order valence-corrected chi connectivity index (χ0v) is 12.2. The number of allylic oxidation sites excluding steroid dienone is 3. The molecule has 0 radical (unpaired) electrons. The topological polar surface area (TPSA) is 30.2 Å². The van der Waals surface area contributed by atoms with Gasteiger partial charge < -0.3 is 4.42 Å². The third-order valence-electron chi connectivity index (χ3n) is 6.73. The monoisotopic (exact) mass is 280 g/mol. The van der Waals surface area contributed by atoms with E-state index in [-0.39, 0.29) is 0 Å². The first kappa shape index (κ1) is 12.0. The molecule has 4 aliphatic rings. The van der Waals surface area contributed by atoms with Gasteiger partial charge in [0.15, 0.2) is 0 Å². The maximum absolute atomic E-state index is 11.3. The Kier molecular flexibility index (Phi) is 2.29. The SMILES string of the molecule is O=CC1=C2CCC3C4C=Cc5occc5[C@H]4CCC3(C1)C2. The molecule has 1 aromatic rings. The summed E-state index contributed by atoms with van der Waals surface area (Å²) in [6, 6.07) is 2.17. The van der Waals surface area contributed by atoms with E-state index in [2.05, 4.69) is 18.2 Å². The molecule has 0 amide bonds. The average molecular weight is 280 g/mol. The molecule has 0 N–H and O–H groups in total. The molecule has 108 valence electrons. The van der Waals surface area contributed by atoms with Crippen molar-refractivity contribution in [3.8, 4) is 0 Å². The van der Waals surface area contributed by atoms with Gasteiger partial charge in [0, 0.05) is 5.56 Å². The maximum Gasteiger partial charge on any atom is 0.145 e. The Bertz CT molecular complexity index is 677. The number of fused-ring (bicyclic) bond motifs is 5. The van der Waals surface area contributed by atoms with Crippen LogP contribution in [0.1, 0.15) is 55.8 Å². The quantitative estimate of drug-likeness (QED) is 0.710. The molecule has 2 fully saturated rings. The minimum absolute atomic E-state index is 0.399. The van der Waals surface area contributed by atoms with E-state index in [1.807, 2.05) is 6.26 Å². The predicted octanol–water partition coefficient (Wildman–Crippen LogP) is 4.49. The van der Waals surface area contributed by atoms with Crippen LogP contribution < -0.4 is 0 Å². The van der Waals surface area contributed by atoms with Gasteiger partial charge in [-0.1, -0.05) is 11.6 Å². The van der Waals surface area contributed by atoms with Gasteiger partial charge in [-0.3, -0.25) is 4.79 Å². The second-order valence-electron chi connectivity index (χ2n) is 7.43. The summed E-state index contributed by atoms with van der Waals surface area (Å²) in [5, 5.41) is 0. The van der Waals surface area contributed by atoms with Gasteiger partial charge in [-0.25, -0.2) is 0 Å². The largest absolute Gasteiger partial charge is 0.465 e. The van der Waals surface area contributed by atoms with Crippen molar-refractivity contribution in [2.45, 2.75) is 44.4 Å². The van der Waals surface area contributed by atoms with Gasteiger partial charge in [0.2, 0.25) is 0 Å². The summed E-state index contributed by atoms with van der Waals surface area (Å²) < 4.78 is 5.59. The number of carbonyl (C=O) groups excluding carboxylic acids is 1.